The summed E-state index contributed by atoms with van der Waals surface area (Å²) in [6, 6.07) is 4.41. The summed E-state index contributed by atoms with van der Waals surface area (Å²) in [5.74, 6) is -1.35. The van der Waals surface area contributed by atoms with Crippen LogP contribution in [0.4, 0.5) is 4.39 Å². The molecule has 0 radical (unpaired) electrons. The highest BCUT2D eigenvalue weighted by Crippen LogP contribution is 2.07. The molecule has 20 heavy (non-hydrogen) atoms. The molecule has 0 aliphatic rings. The minimum Gasteiger partial charge on any atom is -0.467 e. The van der Waals surface area contributed by atoms with Gasteiger partial charge in [-0.25, -0.2) is 9.18 Å². The van der Waals surface area contributed by atoms with Crippen LogP contribution in [0.25, 0.3) is 0 Å². The minimum absolute atomic E-state index is 0.295. The zero-order valence-corrected chi connectivity index (χ0v) is 11.4. The third-order valence-electron chi connectivity index (χ3n) is 2.80. The molecule has 4 nitrogen and oxygen atoms in total. The number of halogens is 1. The van der Waals surface area contributed by atoms with Gasteiger partial charge in [0.25, 0.3) is 5.91 Å². The third kappa shape index (κ3) is 4.84. The molecule has 1 amide bonds. The van der Waals surface area contributed by atoms with E-state index in [9.17, 15) is 14.0 Å². The van der Waals surface area contributed by atoms with Crippen LogP contribution in [0.3, 0.4) is 0 Å². The van der Waals surface area contributed by atoms with Gasteiger partial charge < -0.3 is 10.1 Å². The Bertz CT molecular complexity index is 471. The SMILES string of the molecule is C=CCCC[C@H](NC(=O)c1ccc(F)cc1)C(=O)OC. The van der Waals surface area contributed by atoms with Crippen molar-refractivity contribution in [1.82, 2.24) is 5.32 Å². The van der Waals surface area contributed by atoms with Gasteiger partial charge in [0, 0.05) is 5.56 Å². The van der Waals surface area contributed by atoms with E-state index in [1.807, 2.05) is 0 Å². The number of unbranched alkanes of at least 4 members (excludes halogenated alkanes) is 1. The first kappa shape index (κ1) is 15.9. The summed E-state index contributed by atoms with van der Waals surface area (Å²) in [6.45, 7) is 3.60. The molecule has 0 bridgehead atoms. The third-order valence-corrected chi connectivity index (χ3v) is 2.80. The van der Waals surface area contributed by atoms with Gasteiger partial charge in [0.05, 0.1) is 7.11 Å². The fraction of sp³-hybridized carbons (Fsp3) is 0.333. The van der Waals surface area contributed by atoms with E-state index < -0.39 is 23.7 Å². The smallest absolute Gasteiger partial charge is 0.328 e. The lowest BCUT2D eigenvalue weighted by Crippen LogP contribution is -2.41. The number of carbonyl (C=O) groups is 2. The summed E-state index contributed by atoms with van der Waals surface area (Å²) in [7, 11) is 1.27. The summed E-state index contributed by atoms with van der Waals surface area (Å²) in [5.41, 5.74) is 0.295. The summed E-state index contributed by atoms with van der Waals surface area (Å²) in [5, 5.41) is 2.59. The number of methoxy groups -OCH3 is 1. The van der Waals surface area contributed by atoms with E-state index in [0.717, 1.165) is 6.42 Å². The number of benzene rings is 1. The lowest BCUT2D eigenvalue weighted by atomic mass is 10.1. The molecule has 108 valence electrons. The fourth-order valence-electron chi connectivity index (χ4n) is 1.70. The van der Waals surface area contributed by atoms with Crippen molar-refractivity contribution in [2.75, 3.05) is 7.11 Å². The predicted octanol–water partition coefficient (Wildman–Crippen LogP) is 2.45. The summed E-state index contributed by atoms with van der Waals surface area (Å²) in [6.07, 6.45) is 3.68. The van der Waals surface area contributed by atoms with Crippen LogP contribution in [-0.2, 0) is 9.53 Å². The van der Waals surface area contributed by atoms with Crippen molar-refractivity contribution < 1.29 is 18.7 Å². The molecule has 1 aromatic carbocycles. The van der Waals surface area contributed by atoms with Crippen LogP contribution < -0.4 is 5.32 Å². The maximum absolute atomic E-state index is 12.8. The van der Waals surface area contributed by atoms with Crippen molar-refractivity contribution in [3.05, 3.63) is 48.3 Å². The second-order valence-corrected chi connectivity index (χ2v) is 4.28. The quantitative estimate of drug-likeness (QED) is 0.474. The summed E-state index contributed by atoms with van der Waals surface area (Å²) >= 11 is 0. The van der Waals surface area contributed by atoms with Crippen LogP contribution in [0, 0.1) is 5.82 Å². The molecule has 0 saturated carbocycles. The number of ether oxygens (including phenoxy) is 1. The Kier molecular flexibility index (Phi) is 6.43. The van der Waals surface area contributed by atoms with Crippen molar-refractivity contribution in [2.24, 2.45) is 0 Å². The average molecular weight is 279 g/mol. The first-order chi connectivity index (χ1) is 9.58. The van der Waals surface area contributed by atoms with Crippen LogP contribution in [0.5, 0.6) is 0 Å². The zero-order chi connectivity index (χ0) is 15.0. The highest BCUT2D eigenvalue weighted by Gasteiger charge is 2.21. The minimum atomic E-state index is -0.711. The molecule has 0 aliphatic heterocycles. The van der Waals surface area contributed by atoms with Crippen LogP contribution in [0.15, 0.2) is 36.9 Å². The van der Waals surface area contributed by atoms with Crippen molar-refractivity contribution >= 4 is 11.9 Å². The molecule has 0 saturated heterocycles. The predicted molar refractivity (Wildman–Crippen MR) is 73.7 cm³/mol. The number of hydrogen-bond acceptors (Lipinski definition) is 3. The van der Waals surface area contributed by atoms with Gasteiger partial charge in [-0.3, -0.25) is 4.79 Å². The van der Waals surface area contributed by atoms with Gasteiger partial charge >= 0.3 is 5.97 Å². The van der Waals surface area contributed by atoms with E-state index in [-0.39, 0.29) is 0 Å². The van der Waals surface area contributed by atoms with E-state index >= 15 is 0 Å². The Hall–Kier alpha value is -2.17. The van der Waals surface area contributed by atoms with E-state index in [4.69, 9.17) is 0 Å². The molecule has 0 aliphatic carbocycles. The summed E-state index contributed by atoms with van der Waals surface area (Å²) < 4.78 is 17.4. The normalized spacial score (nSPS) is 11.5. The van der Waals surface area contributed by atoms with Gasteiger partial charge in [0.1, 0.15) is 11.9 Å². The maximum Gasteiger partial charge on any atom is 0.328 e. The van der Waals surface area contributed by atoms with Crippen molar-refractivity contribution in [3.8, 4) is 0 Å². The van der Waals surface area contributed by atoms with Gasteiger partial charge in [0.2, 0.25) is 0 Å². The van der Waals surface area contributed by atoms with Gasteiger partial charge in [0.15, 0.2) is 0 Å². The Morgan fingerprint density at radius 2 is 2.05 bits per heavy atom. The van der Waals surface area contributed by atoms with Crippen LogP contribution >= 0.6 is 0 Å². The highest BCUT2D eigenvalue weighted by molar-refractivity contribution is 5.96. The monoisotopic (exact) mass is 279 g/mol. The zero-order valence-electron chi connectivity index (χ0n) is 11.4. The average Bonchev–Trinajstić information content (AvgIpc) is 2.46. The summed E-state index contributed by atoms with van der Waals surface area (Å²) in [4.78, 5) is 23.6. The first-order valence-corrected chi connectivity index (χ1v) is 6.33. The molecule has 1 N–H and O–H groups in total. The first-order valence-electron chi connectivity index (χ1n) is 6.33. The topological polar surface area (TPSA) is 55.4 Å². The van der Waals surface area contributed by atoms with Gasteiger partial charge in [-0.15, -0.1) is 6.58 Å². The molecule has 0 unspecified atom stereocenters. The molecule has 1 atom stereocenters. The maximum atomic E-state index is 12.8. The molecule has 0 aromatic heterocycles. The number of amides is 1. The number of esters is 1. The molecule has 0 fully saturated rings. The fourth-order valence-corrected chi connectivity index (χ4v) is 1.70. The standard InChI is InChI=1S/C15H18FNO3/c1-3-4-5-6-13(15(19)20-2)17-14(18)11-7-9-12(16)10-8-11/h3,7-10,13H,1,4-6H2,2H3,(H,17,18)/t13-/m0/s1. The van der Waals surface area contributed by atoms with Crippen molar-refractivity contribution in [3.63, 3.8) is 0 Å². The van der Waals surface area contributed by atoms with E-state index in [0.29, 0.717) is 18.4 Å². The Morgan fingerprint density at radius 1 is 1.40 bits per heavy atom. The van der Waals surface area contributed by atoms with Gasteiger partial charge in [-0.05, 0) is 43.5 Å². The Labute approximate surface area is 117 Å². The van der Waals surface area contributed by atoms with Crippen LogP contribution in [0.2, 0.25) is 0 Å². The van der Waals surface area contributed by atoms with Gasteiger partial charge in [-0.2, -0.15) is 0 Å². The number of allylic oxidation sites excluding steroid dienone is 1. The van der Waals surface area contributed by atoms with E-state index in [1.165, 1.54) is 31.4 Å². The molecular weight excluding hydrogens is 261 g/mol. The van der Waals surface area contributed by atoms with E-state index in [2.05, 4.69) is 16.6 Å². The van der Waals surface area contributed by atoms with Crippen LogP contribution in [-0.4, -0.2) is 25.0 Å². The number of rotatable bonds is 7. The lowest BCUT2D eigenvalue weighted by Gasteiger charge is -2.16. The molecule has 5 heteroatoms. The Balaban J connectivity index is 2.67. The van der Waals surface area contributed by atoms with Crippen molar-refractivity contribution in [1.29, 1.82) is 0 Å². The van der Waals surface area contributed by atoms with Crippen molar-refractivity contribution in [2.45, 2.75) is 25.3 Å². The largest absolute Gasteiger partial charge is 0.467 e. The highest BCUT2D eigenvalue weighted by atomic mass is 19.1. The Morgan fingerprint density at radius 3 is 2.60 bits per heavy atom. The second kappa shape index (κ2) is 8.09. The number of nitrogens with one attached hydrogen (secondary N) is 1. The molecular formula is C15H18FNO3. The molecule has 1 rings (SSSR count). The molecule has 0 spiro atoms. The van der Waals surface area contributed by atoms with Crippen LogP contribution in [0.1, 0.15) is 29.6 Å². The number of carbonyl (C=O) groups excluding carboxylic acids is 2. The molecule has 0 heterocycles. The number of hydrogen-bond donors (Lipinski definition) is 1. The van der Waals surface area contributed by atoms with E-state index in [1.54, 1.807) is 6.08 Å². The second-order valence-electron chi connectivity index (χ2n) is 4.28. The molecule has 1 aromatic rings. The lowest BCUT2D eigenvalue weighted by molar-refractivity contribution is -0.143. The van der Waals surface area contributed by atoms with Gasteiger partial charge in [-0.1, -0.05) is 6.08 Å².